The van der Waals surface area contributed by atoms with Gasteiger partial charge in [0.2, 0.25) is 0 Å². The van der Waals surface area contributed by atoms with Crippen LogP contribution in [0.5, 0.6) is 0 Å². The molecule has 3 rings (SSSR count). The highest BCUT2D eigenvalue weighted by Crippen LogP contribution is 2.24. The summed E-state index contributed by atoms with van der Waals surface area (Å²) >= 11 is 0. The standard InChI is InChI=1S/C14H10N4O4/c19-14-8-17(9-15-14)16-7-12-5-6-13(22-12)10-1-3-11(4-2-10)18(20)21/h1-7,9H,8H2/b16-7+. The first-order valence-corrected chi connectivity index (χ1v) is 6.34. The number of nitro benzene ring substituents is 1. The summed E-state index contributed by atoms with van der Waals surface area (Å²) in [5.74, 6) is 0.826. The van der Waals surface area contributed by atoms with Crippen LogP contribution in [0.2, 0.25) is 0 Å². The lowest BCUT2D eigenvalue weighted by atomic mass is 10.1. The fourth-order valence-corrected chi connectivity index (χ4v) is 1.88. The van der Waals surface area contributed by atoms with Gasteiger partial charge in [-0.3, -0.25) is 14.9 Å². The van der Waals surface area contributed by atoms with Crippen LogP contribution in [-0.4, -0.2) is 34.9 Å². The van der Waals surface area contributed by atoms with Crippen LogP contribution in [0.1, 0.15) is 5.76 Å². The quantitative estimate of drug-likeness (QED) is 0.488. The summed E-state index contributed by atoms with van der Waals surface area (Å²) in [6, 6.07) is 9.52. The molecule has 2 heterocycles. The third-order valence-corrected chi connectivity index (χ3v) is 2.95. The first-order chi connectivity index (χ1) is 10.6. The smallest absolute Gasteiger partial charge is 0.269 e. The maximum absolute atomic E-state index is 10.9. The molecular weight excluding hydrogens is 288 g/mol. The third-order valence-electron chi connectivity index (χ3n) is 2.95. The van der Waals surface area contributed by atoms with Gasteiger partial charge in [-0.1, -0.05) is 0 Å². The number of rotatable bonds is 4. The summed E-state index contributed by atoms with van der Waals surface area (Å²) in [5, 5.41) is 16.1. The van der Waals surface area contributed by atoms with Crippen molar-refractivity contribution in [3.05, 3.63) is 52.3 Å². The van der Waals surface area contributed by atoms with Crippen LogP contribution in [0.15, 0.2) is 50.9 Å². The second-order valence-corrected chi connectivity index (χ2v) is 4.49. The maximum atomic E-state index is 10.9. The molecule has 110 valence electrons. The fraction of sp³-hybridized carbons (Fsp3) is 0.0714. The second kappa shape index (κ2) is 5.60. The van der Waals surface area contributed by atoms with Crippen molar-refractivity contribution in [2.45, 2.75) is 0 Å². The third kappa shape index (κ3) is 2.90. The van der Waals surface area contributed by atoms with Crippen molar-refractivity contribution in [2.75, 3.05) is 6.54 Å². The van der Waals surface area contributed by atoms with Crippen molar-refractivity contribution in [3.63, 3.8) is 0 Å². The summed E-state index contributed by atoms with van der Waals surface area (Å²) in [4.78, 5) is 24.7. The van der Waals surface area contributed by atoms with Gasteiger partial charge >= 0.3 is 0 Å². The Kier molecular flexibility index (Phi) is 3.48. The molecule has 8 nitrogen and oxygen atoms in total. The van der Waals surface area contributed by atoms with Crippen molar-refractivity contribution >= 4 is 24.1 Å². The van der Waals surface area contributed by atoms with Crippen molar-refractivity contribution < 1.29 is 14.1 Å². The number of aliphatic imine (C=N–C) groups is 1. The Morgan fingerprint density at radius 3 is 2.68 bits per heavy atom. The molecule has 0 fully saturated rings. The summed E-state index contributed by atoms with van der Waals surface area (Å²) < 4.78 is 5.58. The maximum Gasteiger partial charge on any atom is 0.269 e. The zero-order valence-corrected chi connectivity index (χ0v) is 11.2. The van der Waals surface area contributed by atoms with Crippen LogP contribution in [0.25, 0.3) is 11.3 Å². The van der Waals surface area contributed by atoms with E-state index in [1.807, 2.05) is 0 Å². The first kappa shape index (κ1) is 13.7. The lowest BCUT2D eigenvalue weighted by molar-refractivity contribution is -0.384. The highest BCUT2D eigenvalue weighted by atomic mass is 16.6. The van der Waals surface area contributed by atoms with E-state index in [4.69, 9.17) is 4.42 Å². The minimum Gasteiger partial charge on any atom is -0.455 e. The number of hydrogen-bond acceptors (Lipinski definition) is 6. The van der Waals surface area contributed by atoms with Gasteiger partial charge in [-0.25, -0.2) is 10.0 Å². The zero-order chi connectivity index (χ0) is 15.5. The van der Waals surface area contributed by atoms with Crippen LogP contribution in [0.3, 0.4) is 0 Å². The molecular formula is C14H10N4O4. The Morgan fingerprint density at radius 1 is 1.27 bits per heavy atom. The molecule has 0 saturated heterocycles. The van der Waals surface area contributed by atoms with Gasteiger partial charge < -0.3 is 4.42 Å². The molecule has 0 atom stereocenters. The molecule has 0 N–H and O–H groups in total. The van der Waals surface area contributed by atoms with Crippen LogP contribution in [-0.2, 0) is 4.79 Å². The summed E-state index contributed by atoms with van der Waals surface area (Å²) in [7, 11) is 0. The number of furan rings is 1. The molecule has 22 heavy (non-hydrogen) atoms. The topological polar surface area (TPSA) is 101 Å². The summed E-state index contributed by atoms with van der Waals surface area (Å²) in [6.45, 7) is 0.117. The Balaban J connectivity index is 1.73. The van der Waals surface area contributed by atoms with Gasteiger partial charge in [0, 0.05) is 17.7 Å². The minimum absolute atomic E-state index is 0.0232. The number of amides is 1. The molecule has 0 spiro atoms. The molecule has 1 aliphatic rings. The number of benzene rings is 1. The zero-order valence-electron chi connectivity index (χ0n) is 11.2. The van der Waals surface area contributed by atoms with Crippen LogP contribution in [0, 0.1) is 10.1 Å². The first-order valence-electron chi connectivity index (χ1n) is 6.34. The van der Waals surface area contributed by atoms with E-state index in [1.165, 1.54) is 29.7 Å². The average Bonchev–Trinajstić information content (AvgIpc) is 3.14. The van der Waals surface area contributed by atoms with Crippen LogP contribution < -0.4 is 0 Å². The van der Waals surface area contributed by atoms with E-state index in [0.717, 1.165) is 5.56 Å². The predicted octanol–water partition coefficient (Wildman–Crippen LogP) is 2.06. The minimum atomic E-state index is -0.455. The molecule has 0 unspecified atom stereocenters. The number of nitrogens with zero attached hydrogens (tertiary/aromatic N) is 4. The molecule has 1 aliphatic heterocycles. The van der Waals surface area contributed by atoms with Gasteiger partial charge in [0.15, 0.2) is 0 Å². The summed E-state index contributed by atoms with van der Waals surface area (Å²) in [6.07, 6.45) is 2.82. The van der Waals surface area contributed by atoms with Gasteiger partial charge in [-0.15, -0.1) is 0 Å². The normalized spacial score (nSPS) is 14.2. The average molecular weight is 298 g/mol. The lowest BCUT2D eigenvalue weighted by Gasteiger charge is -2.02. The van der Waals surface area contributed by atoms with E-state index < -0.39 is 4.92 Å². The van der Waals surface area contributed by atoms with E-state index in [2.05, 4.69) is 10.1 Å². The van der Waals surface area contributed by atoms with E-state index in [-0.39, 0.29) is 18.1 Å². The Labute approximate surface area is 124 Å². The SMILES string of the molecule is O=C1CN(/N=C/c2ccc(-c3ccc([N+](=O)[O-])cc3)o2)C=N1. The second-order valence-electron chi connectivity index (χ2n) is 4.49. The lowest BCUT2D eigenvalue weighted by Crippen LogP contribution is -2.14. The van der Waals surface area contributed by atoms with E-state index in [1.54, 1.807) is 24.3 Å². The van der Waals surface area contributed by atoms with Crippen molar-refractivity contribution in [3.8, 4) is 11.3 Å². The predicted molar refractivity (Wildman–Crippen MR) is 78.6 cm³/mol. The van der Waals surface area contributed by atoms with E-state index in [9.17, 15) is 14.9 Å². The number of carbonyl (C=O) groups excluding carboxylic acids is 1. The monoisotopic (exact) mass is 298 g/mol. The number of carbonyl (C=O) groups is 1. The molecule has 2 aromatic rings. The van der Waals surface area contributed by atoms with Crippen LogP contribution in [0.4, 0.5) is 5.69 Å². The van der Waals surface area contributed by atoms with Crippen molar-refractivity contribution in [1.82, 2.24) is 5.01 Å². The van der Waals surface area contributed by atoms with Gasteiger partial charge in [-0.2, -0.15) is 5.10 Å². The Hall–Kier alpha value is -3.29. The summed E-state index contributed by atoms with van der Waals surface area (Å²) in [5.41, 5.74) is 0.748. The van der Waals surface area contributed by atoms with Gasteiger partial charge in [0.05, 0.1) is 11.1 Å². The highest BCUT2D eigenvalue weighted by molar-refractivity contribution is 5.92. The molecule has 1 amide bonds. The Morgan fingerprint density at radius 2 is 2.05 bits per heavy atom. The fourth-order valence-electron chi connectivity index (χ4n) is 1.88. The van der Waals surface area contributed by atoms with Crippen molar-refractivity contribution in [1.29, 1.82) is 0 Å². The molecule has 1 aromatic heterocycles. The van der Waals surface area contributed by atoms with Crippen molar-refractivity contribution in [2.24, 2.45) is 10.1 Å². The van der Waals surface area contributed by atoms with Gasteiger partial charge in [-0.05, 0) is 24.3 Å². The van der Waals surface area contributed by atoms with Gasteiger partial charge in [0.1, 0.15) is 24.4 Å². The Bertz CT molecular complexity index is 776. The number of hydrazone groups is 1. The molecule has 0 saturated carbocycles. The largest absolute Gasteiger partial charge is 0.455 e. The molecule has 8 heteroatoms. The van der Waals surface area contributed by atoms with Gasteiger partial charge in [0.25, 0.3) is 11.6 Å². The number of hydrogen-bond donors (Lipinski definition) is 0. The highest BCUT2D eigenvalue weighted by Gasteiger charge is 2.12. The molecule has 0 bridgehead atoms. The van der Waals surface area contributed by atoms with Crippen LogP contribution >= 0.6 is 0 Å². The molecule has 1 aromatic carbocycles. The van der Waals surface area contributed by atoms with E-state index in [0.29, 0.717) is 11.5 Å². The number of nitro groups is 1. The molecule has 0 radical (unpaired) electrons. The molecule has 0 aliphatic carbocycles. The number of non-ortho nitro benzene ring substituents is 1. The van der Waals surface area contributed by atoms with E-state index >= 15 is 0 Å².